The Morgan fingerprint density at radius 1 is 0.964 bits per heavy atom. The first kappa shape index (κ1) is 18.1. The molecule has 3 aromatic rings. The quantitative estimate of drug-likeness (QED) is 0.595. The average Bonchev–Trinajstić information content (AvgIpc) is 2.74. The van der Waals surface area contributed by atoms with E-state index in [-0.39, 0.29) is 6.09 Å². The summed E-state index contributed by atoms with van der Waals surface area (Å²) in [6.07, 6.45) is 0.400. The summed E-state index contributed by atoms with van der Waals surface area (Å²) >= 11 is 0. The zero-order chi connectivity index (χ0) is 19.6. The van der Waals surface area contributed by atoms with E-state index in [1.165, 1.54) is 0 Å². The highest BCUT2D eigenvalue weighted by Gasteiger charge is 2.38. The van der Waals surface area contributed by atoms with Gasteiger partial charge in [-0.3, -0.25) is 4.90 Å². The number of para-hydroxylation sites is 1. The maximum atomic E-state index is 12.8. The van der Waals surface area contributed by atoms with Crippen LogP contribution in [-0.4, -0.2) is 19.7 Å². The standard InChI is InChI=1S/C24H23NO3/c1-24(19-10-4-3-5-11-19)15-16-25(23(26)28-24)20-12-8-9-18(17-20)21-13-6-7-14-22(21)27-2/h3-14,17H,15-16H2,1-2H3/t24-/m1/s1. The van der Waals surface area contributed by atoms with Crippen molar-refractivity contribution in [2.75, 3.05) is 18.6 Å². The van der Waals surface area contributed by atoms with Crippen LogP contribution in [0.1, 0.15) is 18.9 Å². The minimum absolute atomic E-state index is 0.324. The Hall–Kier alpha value is -3.27. The molecule has 0 bridgehead atoms. The number of methoxy groups -OCH3 is 1. The maximum absolute atomic E-state index is 12.8. The number of cyclic esters (lactones) is 1. The molecule has 0 aromatic heterocycles. The van der Waals surface area contributed by atoms with Crippen molar-refractivity contribution in [1.82, 2.24) is 0 Å². The molecule has 0 aliphatic carbocycles. The third kappa shape index (κ3) is 3.33. The van der Waals surface area contributed by atoms with Gasteiger partial charge < -0.3 is 9.47 Å². The van der Waals surface area contributed by atoms with Crippen molar-refractivity contribution < 1.29 is 14.3 Å². The molecule has 4 nitrogen and oxygen atoms in total. The van der Waals surface area contributed by atoms with Gasteiger partial charge >= 0.3 is 6.09 Å². The van der Waals surface area contributed by atoms with Crippen LogP contribution >= 0.6 is 0 Å². The number of amides is 1. The second kappa shape index (κ2) is 7.39. The Morgan fingerprint density at radius 2 is 1.71 bits per heavy atom. The van der Waals surface area contributed by atoms with Gasteiger partial charge in [-0.2, -0.15) is 0 Å². The first-order valence-electron chi connectivity index (χ1n) is 9.40. The Balaban J connectivity index is 1.60. The van der Waals surface area contributed by atoms with Crippen LogP contribution in [0.5, 0.6) is 5.75 Å². The molecule has 0 radical (unpaired) electrons. The molecular weight excluding hydrogens is 350 g/mol. The van der Waals surface area contributed by atoms with Gasteiger partial charge in [0.2, 0.25) is 0 Å². The lowest BCUT2D eigenvalue weighted by Crippen LogP contribution is -2.46. The molecule has 0 saturated carbocycles. The summed E-state index contributed by atoms with van der Waals surface area (Å²) in [7, 11) is 1.66. The van der Waals surface area contributed by atoms with Crippen molar-refractivity contribution >= 4 is 11.8 Å². The van der Waals surface area contributed by atoms with Crippen LogP contribution < -0.4 is 9.64 Å². The maximum Gasteiger partial charge on any atom is 0.415 e. The van der Waals surface area contributed by atoms with Crippen molar-refractivity contribution in [3.63, 3.8) is 0 Å². The predicted octanol–water partition coefficient (Wildman–Crippen LogP) is 5.62. The van der Waals surface area contributed by atoms with Crippen molar-refractivity contribution in [2.45, 2.75) is 18.9 Å². The molecule has 1 heterocycles. The van der Waals surface area contributed by atoms with Gasteiger partial charge in [0, 0.05) is 24.2 Å². The minimum atomic E-state index is -0.602. The number of hydrogen-bond donors (Lipinski definition) is 0. The molecule has 0 N–H and O–H groups in total. The first-order chi connectivity index (χ1) is 13.6. The second-order valence-corrected chi connectivity index (χ2v) is 7.12. The van der Waals surface area contributed by atoms with Crippen molar-refractivity contribution in [2.24, 2.45) is 0 Å². The van der Waals surface area contributed by atoms with Crippen molar-refractivity contribution in [3.05, 3.63) is 84.4 Å². The summed E-state index contributed by atoms with van der Waals surface area (Å²) < 4.78 is 11.4. The largest absolute Gasteiger partial charge is 0.496 e. The number of benzene rings is 3. The van der Waals surface area contributed by atoms with E-state index in [1.807, 2.05) is 85.8 Å². The molecule has 1 amide bonds. The van der Waals surface area contributed by atoms with E-state index >= 15 is 0 Å². The van der Waals surface area contributed by atoms with Crippen LogP contribution in [0.3, 0.4) is 0 Å². The van der Waals surface area contributed by atoms with E-state index in [0.717, 1.165) is 34.5 Å². The topological polar surface area (TPSA) is 38.8 Å². The summed E-state index contributed by atoms with van der Waals surface area (Å²) in [6, 6.07) is 25.7. The van der Waals surface area contributed by atoms with E-state index in [2.05, 4.69) is 0 Å². The van der Waals surface area contributed by atoms with E-state index in [0.29, 0.717) is 6.54 Å². The molecule has 28 heavy (non-hydrogen) atoms. The van der Waals surface area contributed by atoms with Gasteiger partial charge in [0.1, 0.15) is 11.4 Å². The summed E-state index contributed by atoms with van der Waals surface area (Å²) in [5.41, 5.74) is 3.23. The number of carbonyl (C=O) groups excluding carboxylic acids is 1. The number of anilines is 1. The normalized spacial score (nSPS) is 19.2. The van der Waals surface area contributed by atoms with Gasteiger partial charge in [-0.25, -0.2) is 4.79 Å². The fraction of sp³-hybridized carbons (Fsp3) is 0.208. The summed E-state index contributed by atoms with van der Waals surface area (Å²) in [5.74, 6) is 0.803. The molecule has 3 aromatic carbocycles. The molecule has 0 spiro atoms. The number of ether oxygens (including phenoxy) is 2. The third-order valence-corrected chi connectivity index (χ3v) is 5.31. The second-order valence-electron chi connectivity index (χ2n) is 7.12. The first-order valence-corrected chi connectivity index (χ1v) is 9.40. The molecule has 4 rings (SSSR count). The third-order valence-electron chi connectivity index (χ3n) is 5.31. The molecule has 1 aliphatic rings. The lowest BCUT2D eigenvalue weighted by molar-refractivity contribution is 0.00583. The summed E-state index contributed by atoms with van der Waals surface area (Å²) in [5, 5.41) is 0. The summed E-state index contributed by atoms with van der Waals surface area (Å²) in [6.45, 7) is 2.57. The number of hydrogen-bond acceptors (Lipinski definition) is 3. The van der Waals surface area contributed by atoms with E-state index in [9.17, 15) is 4.79 Å². The molecule has 1 saturated heterocycles. The molecule has 1 aliphatic heterocycles. The van der Waals surface area contributed by atoms with E-state index in [4.69, 9.17) is 9.47 Å². The lowest BCUT2D eigenvalue weighted by Gasteiger charge is -2.39. The minimum Gasteiger partial charge on any atom is -0.496 e. The zero-order valence-corrected chi connectivity index (χ0v) is 16.1. The average molecular weight is 373 g/mol. The summed E-state index contributed by atoms with van der Waals surface area (Å²) in [4.78, 5) is 14.5. The Labute approximate surface area is 165 Å². The van der Waals surface area contributed by atoms with E-state index < -0.39 is 5.60 Å². The van der Waals surface area contributed by atoms with Gasteiger partial charge in [-0.15, -0.1) is 0 Å². The highest BCUT2D eigenvalue weighted by atomic mass is 16.6. The Bertz CT molecular complexity index is 986. The molecule has 1 atom stereocenters. The predicted molar refractivity (Wildman–Crippen MR) is 111 cm³/mol. The molecule has 1 fully saturated rings. The Morgan fingerprint density at radius 3 is 2.46 bits per heavy atom. The van der Waals surface area contributed by atoms with Crippen LogP contribution in [0.25, 0.3) is 11.1 Å². The number of rotatable bonds is 4. The SMILES string of the molecule is COc1ccccc1-c1cccc(N2CC[C@](C)(c3ccccc3)OC2=O)c1. The van der Waals surface area contributed by atoms with Gasteiger partial charge in [0.05, 0.1) is 7.11 Å². The van der Waals surface area contributed by atoms with Gasteiger partial charge in [-0.1, -0.05) is 60.7 Å². The highest BCUT2D eigenvalue weighted by molar-refractivity contribution is 5.90. The van der Waals surface area contributed by atoms with Crippen molar-refractivity contribution in [1.29, 1.82) is 0 Å². The fourth-order valence-corrected chi connectivity index (χ4v) is 3.67. The zero-order valence-electron chi connectivity index (χ0n) is 16.1. The van der Waals surface area contributed by atoms with Crippen LogP contribution in [0.15, 0.2) is 78.9 Å². The molecule has 4 heteroatoms. The number of carbonyl (C=O) groups is 1. The van der Waals surface area contributed by atoms with Crippen LogP contribution in [0, 0.1) is 0 Å². The monoisotopic (exact) mass is 373 g/mol. The van der Waals surface area contributed by atoms with Gasteiger partial charge in [0.15, 0.2) is 0 Å². The van der Waals surface area contributed by atoms with Crippen LogP contribution in [0.2, 0.25) is 0 Å². The molecular formula is C24H23NO3. The fourth-order valence-electron chi connectivity index (χ4n) is 3.67. The highest BCUT2D eigenvalue weighted by Crippen LogP contribution is 2.37. The Kier molecular flexibility index (Phi) is 4.78. The van der Waals surface area contributed by atoms with Gasteiger partial charge in [-0.05, 0) is 36.2 Å². The smallest absolute Gasteiger partial charge is 0.415 e. The molecule has 0 unspecified atom stereocenters. The van der Waals surface area contributed by atoms with Crippen molar-refractivity contribution in [3.8, 4) is 16.9 Å². The molecule has 142 valence electrons. The van der Waals surface area contributed by atoms with Gasteiger partial charge in [0.25, 0.3) is 0 Å². The van der Waals surface area contributed by atoms with E-state index in [1.54, 1.807) is 12.0 Å². The van der Waals surface area contributed by atoms with Crippen LogP contribution in [-0.2, 0) is 10.3 Å². The number of nitrogens with zero attached hydrogens (tertiary/aromatic N) is 1. The van der Waals surface area contributed by atoms with Crippen LogP contribution in [0.4, 0.5) is 10.5 Å². The lowest BCUT2D eigenvalue weighted by atomic mass is 9.91.